The van der Waals surface area contributed by atoms with E-state index in [1.165, 1.54) is 75.5 Å². The van der Waals surface area contributed by atoms with Gasteiger partial charge in [-0.15, -0.1) is 12.4 Å². The Kier molecular flexibility index (Phi) is 17.4. The third-order valence-electron chi connectivity index (χ3n) is 8.92. The first-order valence-corrected chi connectivity index (χ1v) is 16.3. The van der Waals surface area contributed by atoms with Gasteiger partial charge in [-0.1, -0.05) is 101 Å². The Balaban J connectivity index is 0.00000645. The number of likely N-dealkylation sites (tertiary alicyclic amines) is 1. The monoisotopic (exact) mass is 612 g/mol. The highest BCUT2D eigenvalue weighted by Crippen LogP contribution is 2.39. The predicted molar refractivity (Wildman–Crippen MR) is 180 cm³/mol. The molecule has 0 spiro atoms. The molecule has 3 rings (SSSR count). The minimum absolute atomic E-state index is 0. The highest BCUT2D eigenvalue weighted by molar-refractivity contribution is 5.85. The summed E-state index contributed by atoms with van der Waals surface area (Å²) >= 11 is 0. The lowest BCUT2D eigenvalue weighted by molar-refractivity contribution is 0.243. The van der Waals surface area contributed by atoms with E-state index in [0.29, 0.717) is 11.5 Å². The van der Waals surface area contributed by atoms with E-state index in [1.54, 1.807) is 14.2 Å². The molecule has 0 aromatic heterocycles. The van der Waals surface area contributed by atoms with Crippen LogP contribution < -0.4 is 9.47 Å². The van der Waals surface area contributed by atoms with E-state index in [1.807, 2.05) is 24.3 Å². The number of ether oxygens (including phenoxy) is 2. The topological polar surface area (TPSA) is 45.5 Å². The van der Waals surface area contributed by atoms with Crippen LogP contribution in [0.15, 0.2) is 48.0 Å². The molecule has 0 radical (unpaired) electrons. The van der Waals surface area contributed by atoms with Crippen molar-refractivity contribution in [2.24, 2.45) is 0 Å². The first-order valence-electron chi connectivity index (χ1n) is 16.3. The van der Waals surface area contributed by atoms with Crippen molar-refractivity contribution >= 4 is 18.5 Å². The fraction of sp³-hybridized carbons (Fsp3) is 0.595. The molecule has 1 heterocycles. The lowest BCUT2D eigenvalue weighted by atomic mass is 9.74. The minimum Gasteiger partial charge on any atom is -0.493 e. The van der Waals surface area contributed by atoms with Gasteiger partial charge in [0.05, 0.1) is 25.7 Å². The number of benzene rings is 2. The van der Waals surface area contributed by atoms with Gasteiger partial charge >= 0.3 is 0 Å². The lowest BCUT2D eigenvalue weighted by Gasteiger charge is -2.31. The van der Waals surface area contributed by atoms with Crippen molar-refractivity contribution in [2.75, 3.05) is 33.9 Å². The summed E-state index contributed by atoms with van der Waals surface area (Å²) in [5.41, 5.74) is 3.01. The fourth-order valence-corrected chi connectivity index (χ4v) is 6.25. The maximum absolute atomic E-state index is 13.2. The van der Waals surface area contributed by atoms with Crippen LogP contribution in [0.3, 0.4) is 0 Å². The quantitative estimate of drug-likeness (QED) is 0.148. The number of halogens is 2. The standard InChI is InChI=1S/C37H53FN2O2.ClH/c1-4-5-6-7-8-9-10-11-12-13-23-37(30-39,33-17-20-35(41-2)36(29-33)42-3)24-14-25-40-26-21-32(22-27-40)28-31-15-18-34(38)19-16-31;/h15-20,28-29H,4-14,21-27H2,1-3H3;1H. The van der Waals surface area contributed by atoms with Crippen LogP contribution in [0.4, 0.5) is 4.39 Å². The van der Waals surface area contributed by atoms with Gasteiger partial charge in [-0.3, -0.25) is 0 Å². The highest BCUT2D eigenvalue weighted by atomic mass is 35.5. The number of unbranched alkanes of at least 4 members (excludes halogenated alkanes) is 9. The molecular weight excluding hydrogens is 559 g/mol. The van der Waals surface area contributed by atoms with Gasteiger partial charge < -0.3 is 14.4 Å². The van der Waals surface area contributed by atoms with Gasteiger partial charge in [-0.25, -0.2) is 4.39 Å². The molecule has 2 aromatic carbocycles. The third kappa shape index (κ3) is 12.2. The fourth-order valence-electron chi connectivity index (χ4n) is 6.25. The van der Waals surface area contributed by atoms with Crippen molar-refractivity contribution in [1.82, 2.24) is 4.90 Å². The van der Waals surface area contributed by atoms with Crippen LogP contribution in [0.25, 0.3) is 6.08 Å². The summed E-state index contributed by atoms with van der Waals surface area (Å²) in [5.74, 6) is 1.20. The number of nitrogens with zero attached hydrogens (tertiary/aromatic N) is 2. The first-order chi connectivity index (χ1) is 20.5. The molecule has 2 aromatic rings. The molecule has 1 aliphatic heterocycles. The Morgan fingerprint density at radius 2 is 1.40 bits per heavy atom. The van der Waals surface area contributed by atoms with E-state index in [2.05, 4.69) is 30.0 Å². The zero-order chi connectivity index (χ0) is 30.0. The molecule has 0 N–H and O–H groups in total. The van der Waals surface area contributed by atoms with Gasteiger partial charge in [-0.05, 0) is 74.0 Å². The molecule has 0 bridgehead atoms. The second-order valence-corrected chi connectivity index (χ2v) is 12.0. The van der Waals surface area contributed by atoms with Crippen molar-refractivity contribution in [3.05, 3.63) is 65.0 Å². The number of rotatable bonds is 19. The van der Waals surface area contributed by atoms with Gasteiger partial charge in [0.25, 0.3) is 0 Å². The third-order valence-corrected chi connectivity index (χ3v) is 8.92. The van der Waals surface area contributed by atoms with E-state index in [-0.39, 0.29) is 18.2 Å². The SMILES string of the molecule is CCCCCCCCCCCCC(C#N)(CCCN1CCC(=Cc2ccc(F)cc2)CC1)c1ccc(OC)c(OC)c1.Cl. The summed E-state index contributed by atoms with van der Waals surface area (Å²) in [7, 11) is 3.31. The van der Waals surface area contributed by atoms with Crippen LogP contribution in [0.1, 0.15) is 114 Å². The maximum atomic E-state index is 13.2. The molecule has 238 valence electrons. The average Bonchev–Trinajstić information content (AvgIpc) is 3.02. The molecule has 1 fully saturated rings. The number of hydrogen-bond donors (Lipinski definition) is 0. The molecule has 0 aliphatic carbocycles. The molecule has 1 atom stereocenters. The minimum atomic E-state index is -0.525. The van der Waals surface area contributed by atoms with E-state index >= 15 is 0 Å². The smallest absolute Gasteiger partial charge is 0.161 e. The van der Waals surface area contributed by atoms with Crippen molar-refractivity contribution in [1.29, 1.82) is 5.26 Å². The van der Waals surface area contributed by atoms with Gasteiger partial charge in [0.15, 0.2) is 11.5 Å². The molecule has 6 heteroatoms. The normalized spacial score (nSPS) is 14.8. The summed E-state index contributed by atoms with van der Waals surface area (Å²) < 4.78 is 24.3. The molecule has 1 aliphatic rings. The van der Waals surface area contributed by atoms with Gasteiger partial charge in [0.2, 0.25) is 0 Å². The molecule has 43 heavy (non-hydrogen) atoms. The van der Waals surface area contributed by atoms with Gasteiger partial charge in [0, 0.05) is 13.1 Å². The Morgan fingerprint density at radius 1 is 0.814 bits per heavy atom. The van der Waals surface area contributed by atoms with E-state index in [9.17, 15) is 9.65 Å². The number of hydrogen-bond acceptors (Lipinski definition) is 4. The lowest BCUT2D eigenvalue weighted by Crippen LogP contribution is -2.33. The zero-order valence-electron chi connectivity index (χ0n) is 26.8. The second-order valence-electron chi connectivity index (χ2n) is 12.0. The Hall–Kier alpha value is -2.55. The summed E-state index contributed by atoms with van der Waals surface area (Å²) in [5, 5.41) is 10.6. The predicted octanol–water partition coefficient (Wildman–Crippen LogP) is 10.3. The van der Waals surface area contributed by atoms with Crippen LogP contribution >= 0.6 is 12.4 Å². The van der Waals surface area contributed by atoms with Gasteiger partial charge in [-0.2, -0.15) is 5.26 Å². The Labute approximate surface area is 267 Å². The van der Waals surface area contributed by atoms with Crippen molar-refractivity contribution < 1.29 is 13.9 Å². The van der Waals surface area contributed by atoms with Crippen molar-refractivity contribution in [2.45, 2.75) is 109 Å². The second kappa shape index (κ2) is 20.4. The Morgan fingerprint density at radius 3 is 1.98 bits per heavy atom. The molecule has 4 nitrogen and oxygen atoms in total. The largest absolute Gasteiger partial charge is 0.493 e. The molecular formula is C37H54ClFN2O2. The van der Waals surface area contributed by atoms with Crippen molar-refractivity contribution in [3.8, 4) is 17.6 Å². The van der Waals surface area contributed by atoms with Crippen LogP contribution in [0, 0.1) is 17.1 Å². The summed E-state index contributed by atoms with van der Waals surface area (Å²) in [6.07, 6.45) is 19.9. The number of methoxy groups -OCH3 is 2. The molecule has 0 saturated carbocycles. The highest BCUT2D eigenvalue weighted by Gasteiger charge is 2.33. The average molecular weight is 613 g/mol. The van der Waals surface area contributed by atoms with E-state index < -0.39 is 5.41 Å². The molecule has 1 unspecified atom stereocenters. The number of nitriles is 1. The molecule has 0 amide bonds. The first kappa shape index (κ1) is 36.6. The maximum Gasteiger partial charge on any atom is 0.161 e. The van der Waals surface area contributed by atoms with E-state index in [0.717, 1.165) is 69.3 Å². The molecule has 1 saturated heterocycles. The summed E-state index contributed by atoms with van der Waals surface area (Å²) in [6.45, 7) is 5.32. The van der Waals surface area contributed by atoms with Crippen LogP contribution in [-0.2, 0) is 5.41 Å². The van der Waals surface area contributed by atoms with E-state index in [4.69, 9.17) is 9.47 Å². The van der Waals surface area contributed by atoms with Gasteiger partial charge in [0.1, 0.15) is 5.82 Å². The Bertz CT molecular complexity index is 1120. The number of piperidine rings is 1. The zero-order valence-corrected chi connectivity index (χ0v) is 27.7. The van der Waals surface area contributed by atoms with Crippen LogP contribution in [0.2, 0.25) is 0 Å². The van der Waals surface area contributed by atoms with Crippen LogP contribution in [0.5, 0.6) is 11.5 Å². The van der Waals surface area contributed by atoms with Crippen LogP contribution in [-0.4, -0.2) is 38.8 Å². The van der Waals surface area contributed by atoms with Crippen molar-refractivity contribution in [3.63, 3.8) is 0 Å². The summed E-state index contributed by atoms with van der Waals surface area (Å²) in [4.78, 5) is 2.53. The summed E-state index contributed by atoms with van der Waals surface area (Å²) in [6, 6.07) is 15.5.